The second-order valence-electron chi connectivity index (χ2n) is 6.56. The maximum atomic E-state index is 12.3. The number of anilines is 1. The third-order valence-electron chi connectivity index (χ3n) is 4.32. The molecule has 1 N–H and O–H groups in total. The normalized spacial score (nSPS) is 12.9. The lowest BCUT2D eigenvalue weighted by Crippen LogP contribution is -2.33. The molecule has 3 rings (SSSR count). The van der Waals surface area contributed by atoms with Crippen LogP contribution in [0.3, 0.4) is 0 Å². The fraction of sp³-hybridized carbons (Fsp3) is 0.273. The van der Waals surface area contributed by atoms with E-state index >= 15 is 0 Å². The van der Waals surface area contributed by atoms with Crippen molar-refractivity contribution in [2.75, 3.05) is 39.2 Å². The van der Waals surface area contributed by atoms with Crippen LogP contribution in [-0.2, 0) is 9.59 Å². The van der Waals surface area contributed by atoms with E-state index in [1.807, 2.05) is 18.2 Å². The molecule has 0 aliphatic carbocycles. The quantitative estimate of drug-likeness (QED) is 0.760. The summed E-state index contributed by atoms with van der Waals surface area (Å²) in [7, 11) is 3.16. The van der Waals surface area contributed by atoms with Crippen molar-refractivity contribution in [1.82, 2.24) is 4.90 Å². The van der Waals surface area contributed by atoms with Crippen molar-refractivity contribution in [3.63, 3.8) is 0 Å². The van der Waals surface area contributed by atoms with Crippen LogP contribution in [0.25, 0.3) is 6.08 Å². The number of amides is 2. The summed E-state index contributed by atoms with van der Waals surface area (Å²) >= 11 is 0. The summed E-state index contributed by atoms with van der Waals surface area (Å²) < 4.78 is 16.3. The van der Waals surface area contributed by atoms with Crippen molar-refractivity contribution in [1.29, 1.82) is 0 Å². The van der Waals surface area contributed by atoms with E-state index in [0.717, 1.165) is 12.0 Å². The van der Waals surface area contributed by atoms with Crippen LogP contribution in [0.2, 0.25) is 0 Å². The Morgan fingerprint density at radius 3 is 2.55 bits per heavy atom. The molecule has 0 atom stereocenters. The number of nitrogens with one attached hydrogen (secondary N) is 1. The molecule has 0 spiro atoms. The Kier molecular flexibility index (Phi) is 6.73. The lowest BCUT2D eigenvalue weighted by Gasteiger charge is -2.15. The summed E-state index contributed by atoms with van der Waals surface area (Å²) in [6, 6.07) is 12.5. The summed E-state index contributed by atoms with van der Waals surface area (Å²) in [6.45, 7) is 1.17. The van der Waals surface area contributed by atoms with Gasteiger partial charge in [-0.2, -0.15) is 0 Å². The van der Waals surface area contributed by atoms with Gasteiger partial charge in [0.1, 0.15) is 5.75 Å². The summed E-state index contributed by atoms with van der Waals surface area (Å²) in [6.07, 6.45) is 3.95. The van der Waals surface area contributed by atoms with Crippen LogP contribution in [0.4, 0.5) is 5.69 Å². The van der Waals surface area contributed by atoms with Crippen molar-refractivity contribution >= 4 is 23.6 Å². The molecule has 2 aromatic carbocycles. The number of rotatable bonds is 6. The maximum Gasteiger partial charge on any atom is 0.246 e. The average molecular weight is 396 g/mol. The number of nitrogens with zero attached hydrogens (tertiary/aromatic N) is 1. The minimum Gasteiger partial charge on any atom is -0.497 e. The molecule has 2 aromatic rings. The van der Waals surface area contributed by atoms with Crippen molar-refractivity contribution in [3.05, 3.63) is 54.1 Å². The summed E-state index contributed by atoms with van der Waals surface area (Å²) in [5.74, 6) is 1.52. The Morgan fingerprint density at radius 1 is 1.10 bits per heavy atom. The van der Waals surface area contributed by atoms with E-state index in [1.165, 1.54) is 11.0 Å². The van der Waals surface area contributed by atoms with E-state index in [4.69, 9.17) is 14.2 Å². The topological polar surface area (TPSA) is 77.1 Å². The van der Waals surface area contributed by atoms with Gasteiger partial charge in [0.05, 0.1) is 26.9 Å². The molecule has 0 aromatic heterocycles. The van der Waals surface area contributed by atoms with Gasteiger partial charge in [0, 0.05) is 25.2 Å². The zero-order chi connectivity index (χ0) is 20.6. The number of fused-ring (bicyclic) bond motifs is 1. The largest absolute Gasteiger partial charge is 0.497 e. The summed E-state index contributed by atoms with van der Waals surface area (Å²) in [5, 5.41) is 2.75. The van der Waals surface area contributed by atoms with Crippen molar-refractivity contribution in [2.45, 2.75) is 6.42 Å². The lowest BCUT2D eigenvalue weighted by atomic mass is 10.2. The molecule has 1 heterocycles. The number of carbonyl (C=O) groups is 2. The Morgan fingerprint density at radius 2 is 1.83 bits per heavy atom. The highest BCUT2D eigenvalue weighted by molar-refractivity contribution is 5.97. The third kappa shape index (κ3) is 5.75. The molecule has 7 nitrogen and oxygen atoms in total. The Labute approximate surface area is 169 Å². The van der Waals surface area contributed by atoms with Crippen LogP contribution >= 0.6 is 0 Å². The first-order valence-corrected chi connectivity index (χ1v) is 9.32. The van der Waals surface area contributed by atoms with E-state index in [-0.39, 0.29) is 18.4 Å². The van der Waals surface area contributed by atoms with Gasteiger partial charge in [-0.25, -0.2) is 0 Å². The van der Waals surface area contributed by atoms with Crippen molar-refractivity contribution in [2.24, 2.45) is 0 Å². The Hall–Kier alpha value is -3.48. The predicted molar refractivity (Wildman–Crippen MR) is 110 cm³/mol. The molecule has 0 fully saturated rings. The second kappa shape index (κ2) is 9.64. The van der Waals surface area contributed by atoms with E-state index in [9.17, 15) is 9.59 Å². The number of hydrogen-bond donors (Lipinski definition) is 1. The van der Waals surface area contributed by atoms with Gasteiger partial charge in [0.15, 0.2) is 11.5 Å². The monoisotopic (exact) mass is 396 g/mol. The highest BCUT2D eigenvalue weighted by Gasteiger charge is 2.12. The van der Waals surface area contributed by atoms with Gasteiger partial charge in [-0.3, -0.25) is 9.59 Å². The van der Waals surface area contributed by atoms with Crippen LogP contribution in [-0.4, -0.2) is 50.6 Å². The molecule has 2 amide bonds. The number of methoxy groups -OCH3 is 1. The highest BCUT2D eigenvalue weighted by atomic mass is 16.5. The Bertz CT molecular complexity index is 893. The van der Waals surface area contributed by atoms with E-state index in [2.05, 4.69) is 5.32 Å². The molecular formula is C22H24N2O5. The van der Waals surface area contributed by atoms with Gasteiger partial charge in [0.2, 0.25) is 11.8 Å². The molecular weight excluding hydrogens is 372 g/mol. The van der Waals surface area contributed by atoms with Gasteiger partial charge >= 0.3 is 0 Å². The minimum atomic E-state index is -0.282. The van der Waals surface area contributed by atoms with Crippen molar-refractivity contribution in [3.8, 4) is 17.2 Å². The molecule has 29 heavy (non-hydrogen) atoms. The molecule has 7 heteroatoms. The van der Waals surface area contributed by atoms with E-state index in [1.54, 1.807) is 44.5 Å². The number of likely N-dealkylation sites (N-methyl/N-ethyl adjacent to an activating group) is 1. The highest BCUT2D eigenvalue weighted by Crippen LogP contribution is 2.30. The first-order chi connectivity index (χ1) is 14.0. The maximum absolute atomic E-state index is 12.3. The van der Waals surface area contributed by atoms with E-state index < -0.39 is 0 Å². The number of ether oxygens (including phenoxy) is 3. The number of carbonyl (C=O) groups excluding carboxylic acids is 2. The van der Waals surface area contributed by atoms with Gasteiger partial charge < -0.3 is 24.4 Å². The Balaban J connectivity index is 1.54. The standard InChI is InChI=1S/C22H24N2O5/c1-24(15-21(25)23-17-6-8-18(27-2)9-7-17)22(26)11-5-16-4-10-19-20(14-16)29-13-3-12-28-19/h4-11,14H,3,12-13,15H2,1-2H3,(H,23,25)/b11-5+. The lowest BCUT2D eigenvalue weighted by molar-refractivity contribution is -0.129. The average Bonchev–Trinajstić information content (AvgIpc) is 2.97. The van der Waals surface area contributed by atoms with Gasteiger partial charge in [0.25, 0.3) is 0 Å². The molecule has 0 radical (unpaired) electrons. The van der Waals surface area contributed by atoms with Crippen LogP contribution in [0, 0.1) is 0 Å². The second-order valence-corrected chi connectivity index (χ2v) is 6.56. The summed E-state index contributed by atoms with van der Waals surface area (Å²) in [5.41, 5.74) is 1.46. The zero-order valence-corrected chi connectivity index (χ0v) is 16.5. The third-order valence-corrected chi connectivity index (χ3v) is 4.32. The van der Waals surface area contributed by atoms with Crippen LogP contribution in [0.5, 0.6) is 17.2 Å². The fourth-order valence-corrected chi connectivity index (χ4v) is 2.75. The fourth-order valence-electron chi connectivity index (χ4n) is 2.75. The molecule has 0 saturated heterocycles. The molecule has 0 saturated carbocycles. The SMILES string of the molecule is COc1ccc(NC(=O)CN(C)C(=O)/C=C/c2ccc3c(c2)OCCCO3)cc1. The number of hydrogen-bond acceptors (Lipinski definition) is 5. The molecule has 1 aliphatic rings. The predicted octanol–water partition coefficient (Wildman–Crippen LogP) is 2.97. The zero-order valence-electron chi connectivity index (χ0n) is 16.5. The first-order valence-electron chi connectivity index (χ1n) is 9.32. The molecule has 1 aliphatic heterocycles. The van der Waals surface area contributed by atoms with Gasteiger partial charge in [-0.15, -0.1) is 0 Å². The number of benzene rings is 2. The smallest absolute Gasteiger partial charge is 0.246 e. The molecule has 0 bridgehead atoms. The van der Waals surface area contributed by atoms with E-state index in [0.29, 0.717) is 36.1 Å². The summed E-state index contributed by atoms with van der Waals surface area (Å²) in [4.78, 5) is 25.8. The van der Waals surface area contributed by atoms with Crippen LogP contribution in [0.1, 0.15) is 12.0 Å². The van der Waals surface area contributed by atoms with Gasteiger partial charge in [-0.1, -0.05) is 6.07 Å². The van der Waals surface area contributed by atoms with Crippen LogP contribution in [0.15, 0.2) is 48.5 Å². The van der Waals surface area contributed by atoms with Gasteiger partial charge in [-0.05, 0) is 48.0 Å². The molecule has 0 unspecified atom stereocenters. The van der Waals surface area contributed by atoms with Crippen molar-refractivity contribution < 1.29 is 23.8 Å². The molecule has 152 valence electrons. The first kappa shape index (κ1) is 20.3. The van der Waals surface area contributed by atoms with Crippen LogP contribution < -0.4 is 19.5 Å². The minimum absolute atomic E-state index is 0.0592.